The number of hydrogen-bond donors (Lipinski definition) is 1. The van der Waals surface area contributed by atoms with Gasteiger partial charge in [0.25, 0.3) is 5.78 Å². The molecule has 3 heterocycles. The van der Waals surface area contributed by atoms with Crippen molar-refractivity contribution >= 4 is 23.3 Å². The third-order valence-electron chi connectivity index (χ3n) is 5.25. The number of ketones is 1. The maximum absolute atomic E-state index is 13.1. The number of aliphatic hydroxyl groups is 1. The van der Waals surface area contributed by atoms with Crippen molar-refractivity contribution in [2.75, 3.05) is 4.90 Å². The van der Waals surface area contributed by atoms with Gasteiger partial charge < -0.3 is 5.11 Å². The second-order valence-electron chi connectivity index (χ2n) is 7.42. The number of benzene rings is 1. The predicted molar refractivity (Wildman–Crippen MR) is 114 cm³/mol. The zero-order valence-corrected chi connectivity index (χ0v) is 17.0. The molecule has 0 spiro atoms. The smallest absolute Gasteiger partial charge is 0.301 e. The minimum absolute atomic E-state index is 0.0358. The number of aliphatic hydroxyl groups excluding tert-OH is 1. The molecule has 1 aliphatic heterocycles. The van der Waals surface area contributed by atoms with Crippen LogP contribution in [0.2, 0.25) is 0 Å². The molecule has 0 unspecified atom stereocenters. The van der Waals surface area contributed by atoms with Gasteiger partial charge >= 0.3 is 5.91 Å². The van der Waals surface area contributed by atoms with Gasteiger partial charge in [0.1, 0.15) is 11.6 Å². The monoisotopic (exact) mass is 399 g/mol. The number of hydrogen-bond acceptors (Lipinski definition) is 5. The molecule has 4 rings (SSSR count). The maximum atomic E-state index is 13.1. The fraction of sp³-hybridized carbons (Fsp3) is 0.167. The SMILES string of the molecule is Cc1cc(C)c(C(O)=C2C(=O)C(=O)N(c3ccccn3)[C@@H]2c2cccnc2)c(C)c1. The molecule has 3 aromatic rings. The standard InChI is InChI=1S/C24H21N3O3/c1-14-11-15(2)19(16(3)12-14)22(28)20-21(17-7-6-9-25-13-17)27(24(30)23(20)29)18-8-4-5-10-26-18/h4-13,21,28H,1-3H3/t21-/m1/s1. The van der Waals surface area contributed by atoms with Crippen LogP contribution in [-0.2, 0) is 9.59 Å². The van der Waals surface area contributed by atoms with E-state index in [4.69, 9.17) is 0 Å². The van der Waals surface area contributed by atoms with E-state index in [2.05, 4.69) is 9.97 Å². The molecule has 1 atom stereocenters. The quantitative estimate of drug-likeness (QED) is 0.408. The molecule has 0 bridgehead atoms. The van der Waals surface area contributed by atoms with Crippen molar-refractivity contribution in [2.45, 2.75) is 26.8 Å². The molecule has 0 saturated carbocycles. The lowest BCUT2D eigenvalue weighted by Gasteiger charge is -2.24. The van der Waals surface area contributed by atoms with Crippen molar-refractivity contribution in [3.05, 3.63) is 94.4 Å². The molecule has 1 amide bonds. The van der Waals surface area contributed by atoms with E-state index in [1.54, 1.807) is 48.9 Å². The highest BCUT2D eigenvalue weighted by Crippen LogP contribution is 2.42. The summed E-state index contributed by atoms with van der Waals surface area (Å²) in [5.41, 5.74) is 3.94. The topological polar surface area (TPSA) is 83.4 Å². The average Bonchev–Trinajstić information content (AvgIpc) is 2.99. The van der Waals surface area contributed by atoms with Crippen LogP contribution >= 0.6 is 0 Å². The minimum atomic E-state index is -0.825. The lowest BCUT2D eigenvalue weighted by Crippen LogP contribution is -2.30. The van der Waals surface area contributed by atoms with Crippen LogP contribution in [0.5, 0.6) is 0 Å². The summed E-state index contributed by atoms with van der Waals surface area (Å²) in [5.74, 6) is -1.32. The molecule has 2 aromatic heterocycles. The van der Waals surface area contributed by atoms with Gasteiger partial charge in [0, 0.05) is 24.2 Å². The minimum Gasteiger partial charge on any atom is -0.507 e. The fourth-order valence-electron chi connectivity index (χ4n) is 4.11. The number of carbonyl (C=O) groups is 2. The molecule has 0 radical (unpaired) electrons. The Bertz CT molecular complexity index is 1150. The number of amides is 1. The third-order valence-corrected chi connectivity index (χ3v) is 5.25. The molecule has 30 heavy (non-hydrogen) atoms. The van der Waals surface area contributed by atoms with E-state index in [-0.39, 0.29) is 11.3 Å². The Labute approximate surface area is 174 Å². The Hall–Kier alpha value is -3.80. The summed E-state index contributed by atoms with van der Waals surface area (Å²) in [6.07, 6.45) is 4.77. The Morgan fingerprint density at radius 3 is 2.33 bits per heavy atom. The van der Waals surface area contributed by atoms with Crippen molar-refractivity contribution < 1.29 is 14.7 Å². The Morgan fingerprint density at radius 2 is 1.73 bits per heavy atom. The van der Waals surface area contributed by atoms with Crippen LogP contribution in [0.4, 0.5) is 5.82 Å². The molecule has 150 valence electrons. The molecule has 1 aliphatic rings. The second-order valence-corrected chi connectivity index (χ2v) is 7.42. The van der Waals surface area contributed by atoms with Gasteiger partial charge in [0.15, 0.2) is 0 Å². The first kappa shape index (κ1) is 19.5. The van der Waals surface area contributed by atoms with E-state index < -0.39 is 17.7 Å². The molecule has 1 aromatic carbocycles. The fourth-order valence-corrected chi connectivity index (χ4v) is 4.11. The molecule has 1 N–H and O–H groups in total. The van der Waals surface area contributed by atoms with Gasteiger partial charge in [-0.2, -0.15) is 0 Å². The largest absolute Gasteiger partial charge is 0.507 e. The molecular formula is C24H21N3O3. The number of nitrogens with zero attached hydrogens (tertiary/aromatic N) is 3. The number of aryl methyl sites for hydroxylation is 3. The van der Waals surface area contributed by atoms with Gasteiger partial charge in [-0.1, -0.05) is 29.8 Å². The van der Waals surface area contributed by atoms with Gasteiger partial charge in [0.2, 0.25) is 0 Å². The van der Waals surface area contributed by atoms with Crippen molar-refractivity contribution in [3.8, 4) is 0 Å². The van der Waals surface area contributed by atoms with Gasteiger partial charge in [-0.05, 0) is 55.7 Å². The number of rotatable bonds is 3. The first-order valence-corrected chi connectivity index (χ1v) is 9.60. The van der Waals surface area contributed by atoms with Crippen molar-refractivity contribution in [1.29, 1.82) is 0 Å². The summed E-state index contributed by atoms with van der Waals surface area (Å²) in [6.45, 7) is 5.73. The predicted octanol–water partition coefficient (Wildman–Crippen LogP) is 4.03. The Balaban J connectivity index is 1.99. The van der Waals surface area contributed by atoms with Gasteiger partial charge in [-0.15, -0.1) is 0 Å². The summed E-state index contributed by atoms with van der Waals surface area (Å²) < 4.78 is 0. The van der Waals surface area contributed by atoms with Gasteiger partial charge in [0.05, 0.1) is 11.6 Å². The maximum Gasteiger partial charge on any atom is 0.301 e. The Morgan fingerprint density at radius 1 is 1.00 bits per heavy atom. The molecule has 0 aliphatic carbocycles. The zero-order valence-electron chi connectivity index (χ0n) is 17.0. The number of pyridine rings is 2. The summed E-state index contributed by atoms with van der Waals surface area (Å²) in [6, 6.07) is 11.7. The molecule has 1 saturated heterocycles. The molecular weight excluding hydrogens is 378 g/mol. The second kappa shape index (κ2) is 7.55. The van der Waals surface area contributed by atoms with Crippen LogP contribution in [0.15, 0.2) is 66.6 Å². The van der Waals surface area contributed by atoms with Crippen LogP contribution in [-0.4, -0.2) is 26.8 Å². The molecule has 6 heteroatoms. The van der Waals surface area contributed by atoms with Crippen molar-refractivity contribution in [2.24, 2.45) is 0 Å². The average molecular weight is 399 g/mol. The van der Waals surface area contributed by atoms with Gasteiger partial charge in [-0.25, -0.2) is 4.98 Å². The lowest BCUT2D eigenvalue weighted by molar-refractivity contribution is -0.132. The van der Waals surface area contributed by atoms with E-state index in [0.29, 0.717) is 16.9 Å². The lowest BCUT2D eigenvalue weighted by atomic mass is 9.91. The third kappa shape index (κ3) is 3.16. The highest BCUT2D eigenvalue weighted by Gasteiger charge is 2.47. The van der Waals surface area contributed by atoms with Crippen LogP contribution in [0.3, 0.4) is 0 Å². The molecule has 1 fully saturated rings. The normalized spacial score (nSPS) is 18.1. The van der Waals surface area contributed by atoms with E-state index in [0.717, 1.165) is 16.7 Å². The number of aromatic nitrogens is 2. The van der Waals surface area contributed by atoms with Crippen LogP contribution in [0, 0.1) is 20.8 Å². The summed E-state index contributed by atoms with van der Waals surface area (Å²) >= 11 is 0. The van der Waals surface area contributed by atoms with Crippen LogP contribution in [0.25, 0.3) is 5.76 Å². The van der Waals surface area contributed by atoms with Crippen LogP contribution in [0.1, 0.15) is 33.9 Å². The van der Waals surface area contributed by atoms with E-state index >= 15 is 0 Å². The first-order chi connectivity index (χ1) is 14.4. The van der Waals surface area contributed by atoms with Gasteiger partial charge in [-0.3, -0.25) is 19.5 Å². The summed E-state index contributed by atoms with van der Waals surface area (Å²) in [7, 11) is 0. The Kier molecular flexibility index (Phi) is 4.91. The summed E-state index contributed by atoms with van der Waals surface area (Å²) in [5, 5.41) is 11.3. The van der Waals surface area contributed by atoms with E-state index in [9.17, 15) is 14.7 Å². The van der Waals surface area contributed by atoms with Crippen molar-refractivity contribution in [3.63, 3.8) is 0 Å². The molecule has 6 nitrogen and oxygen atoms in total. The zero-order chi connectivity index (χ0) is 21.4. The number of carbonyl (C=O) groups excluding carboxylic acids is 2. The summed E-state index contributed by atoms with van der Waals surface area (Å²) in [4.78, 5) is 35.9. The van der Waals surface area contributed by atoms with Crippen LogP contribution < -0.4 is 4.90 Å². The van der Waals surface area contributed by atoms with Crippen molar-refractivity contribution in [1.82, 2.24) is 9.97 Å². The highest BCUT2D eigenvalue weighted by molar-refractivity contribution is 6.51. The highest BCUT2D eigenvalue weighted by atomic mass is 16.3. The number of anilines is 1. The number of Topliss-reactive ketones (excluding diaryl/α,β-unsaturated/α-hetero) is 1. The van der Waals surface area contributed by atoms with E-state index in [1.807, 2.05) is 32.9 Å². The first-order valence-electron chi connectivity index (χ1n) is 9.60. The van der Waals surface area contributed by atoms with E-state index in [1.165, 1.54) is 4.90 Å².